The van der Waals surface area contributed by atoms with Crippen LogP contribution in [-0.2, 0) is 32.6 Å². The SMILES string of the molecule is CCNC(=O)C(Cc1ccccc1)N(Cc1c(Cl)cccc1Cl)C(=O)CCCN(c1ccc(F)c(F)c1)S(C)(=O)=O. The van der Waals surface area contributed by atoms with E-state index in [4.69, 9.17) is 23.2 Å². The standard InChI is InChI=1S/C29H31Cl2F2N3O4S/c1-3-34-29(38)27(17-20-9-5-4-6-10-20)35(19-22-23(30)11-7-12-24(22)31)28(37)13-8-16-36(41(2,39)40)21-14-15-25(32)26(33)18-21/h4-7,9-12,14-15,18,27H,3,8,13,16-17,19H2,1-2H3,(H,34,38). The lowest BCUT2D eigenvalue weighted by molar-refractivity contribution is -0.141. The number of likely N-dealkylation sites (N-methyl/N-ethyl adjacent to an activating group) is 1. The van der Waals surface area contributed by atoms with Gasteiger partial charge in [-0.3, -0.25) is 13.9 Å². The molecule has 1 unspecified atom stereocenters. The van der Waals surface area contributed by atoms with Crippen LogP contribution < -0.4 is 9.62 Å². The molecule has 0 aliphatic carbocycles. The summed E-state index contributed by atoms with van der Waals surface area (Å²) in [4.78, 5) is 28.4. The van der Waals surface area contributed by atoms with Gasteiger partial charge in [0.1, 0.15) is 6.04 Å². The Morgan fingerprint density at radius 1 is 0.951 bits per heavy atom. The number of hydrogen-bond acceptors (Lipinski definition) is 4. The third kappa shape index (κ3) is 8.89. The summed E-state index contributed by atoms with van der Waals surface area (Å²) < 4.78 is 53.1. The van der Waals surface area contributed by atoms with Gasteiger partial charge in [0.05, 0.1) is 11.9 Å². The lowest BCUT2D eigenvalue weighted by atomic mass is 10.0. The normalized spacial score (nSPS) is 12.0. The second kappa shape index (κ2) is 14.6. The average Bonchev–Trinajstić information content (AvgIpc) is 2.91. The molecule has 0 saturated heterocycles. The first-order valence-electron chi connectivity index (χ1n) is 12.9. The number of hydrogen-bond donors (Lipinski definition) is 1. The van der Waals surface area contributed by atoms with Gasteiger partial charge in [-0.25, -0.2) is 17.2 Å². The molecule has 0 bridgehead atoms. The van der Waals surface area contributed by atoms with Crippen LogP contribution in [0.3, 0.4) is 0 Å². The van der Waals surface area contributed by atoms with Gasteiger partial charge < -0.3 is 10.2 Å². The molecule has 7 nitrogen and oxygen atoms in total. The molecule has 0 aliphatic rings. The number of nitrogens with one attached hydrogen (secondary N) is 1. The highest BCUT2D eigenvalue weighted by Crippen LogP contribution is 2.28. The quantitative estimate of drug-likeness (QED) is 0.268. The molecule has 3 aromatic carbocycles. The van der Waals surface area contributed by atoms with E-state index in [1.54, 1.807) is 25.1 Å². The summed E-state index contributed by atoms with van der Waals surface area (Å²) in [5.74, 6) is -3.11. The maximum Gasteiger partial charge on any atom is 0.243 e. The van der Waals surface area contributed by atoms with Crippen molar-refractivity contribution in [3.8, 4) is 0 Å². The molecule has 0 fully saturated rings. The van der Waals surface area contributed by atoms with E-state index >= 15 is 0 Å². The van der Waals surface area contributed by atoms with E-state index in [2.05, 4.69) is 5.32 Å². The highest BCUT2D eigenvalue weighted by atomic mass is 35.5. The van der Waals surface area contributed by atoms with Crippen molar-refractivity contribution in [1.82, 2.24) is 10.2 Å². The zero-order valence-corrected chi connectivity index (χ0v) is 24.9. The number of anilines is 1. The minimum atomic E-state index is -3.88. The molecule has 220 valence electrons. The molecule has 41 heavy (non-hydrogen) atoms. The molecular weight excluding hydrogens is 595 g/mol. The number of carbonyl (C=O) groups excluding carboxylic acids is 2. The van der Waals surface area contributed by atoms with Crippen molar-refractivity contribution < 1.29 is 26.8 Å². The second-order valence-corrected chi connectivity index (χ2v) is 12.1. The van der Waals surface area contributed by atoms with E-state index in [9.17, 15) is 26.8 Å². The van der Waals surface area contributed by atoms with Crippen LogP contribution in [0.25, 0.3) is 0 Å². The van der Waals surface area contributed by atoms with Gasteiger partial charge in [-0.1, -0.05) is 59.6 Å². The molecule has 2 amide bonds. The summed E-state index contributed by atoms with van der Waals surface area (Å²) in [5, 5.41) is 3.44. The molecule has 12 heteroatoms. The molecule has 0 spiro atoms. The molecule has 0 saturated carbocycles. The Morgan fingerprint density at radius 3 is 2.20 bits per heavy atom. The fraction of sp³-hybridized carbons (Fsp3) is 0.310. The van der Waals surface area contributed by atoms with Crippen LogP contribution in [0.4, 0.5) is 14.5 Å². The van der Waals surface area contributed by atoms with Gasteiger partial charge in [0.15, 0.2) is 11.6 Å². The molecular formula is C29H31Cl2F2N3O4S. The third-order valence-corrected chi connectivity index (χ3v) is 8.26. The average molecular weight is 627 g/mol. The Balaban J connectivity index is 1.91. The fourth-order valence-electron chi connectivity index (χ4n) is 4.34. The molecule has 0 radical (unpaired) electrons. The van der Waals surface area contributed by atoms with Gasteiger partial charge in [-0.05, 0) is 43.2 Å². The van der Waals surface area contributed by atoms with Crippen LogP contribution in [0.15, 0.2) is 66.7 Å². The lowest BCUT2D eigenvalue weighted by Crippen LogP contribution is -2.50. The van der Waals surface area contributed by atoms with Crippen LogP contribution >= 0.6 is 23.2 Å². The van der Waals surface area contributed by atoms with Crippen molar-refractivity contribution in [1.29, 1.82) is 0 Å². The smallest absolute Gasteiger partial charge is 0.243 e. The van der Waals surface area contributed by atoms with Gasteiger partial charge >= 0.3 is 0 Å². The highest BCUT2D eigenvalue weighted by Gasteiger charge is 2.31. The third-order valence-electron chi connectivity index (χ3n) is 6.36. The minimum absolute atomic E-state index is 0.0328. The van der Waals surface area contributed by atoms with Crippen molar-refractivity contribution in [2.24, 2.45) is 0 Å². The fourth-order valence-corrected chi connectivity index (χ4v) is 5.82. The maximum atomic E-state index is 13.8. The molecule has 3 rings (SSSR count). The summed E-state index contributed by atoms with van der Waals surface area (Å²) in [5.41, 5.74) is 1.22. The first kappa shape index (κ1) is 32.3. The van der Waals surface area contributed by atoms with Crippen LogP contribution in [-0.4, -0.2) is 50.5 Å². The minimum Gasteiger partial charge on any atom is -0.355 e. The number of sulfonamides is 1. The van der Waals surface area contributed by atoms with E-state index in [0.717, 1.165) is 34.3 Å². The Morgan fingerprint density at radius 2 is 1.61 bits per heavy atom. The number of benzene rings is 3. The molecule has 1 N–H and O–H groups in total. The number of rotatable bonds is 13. The van der Waals surface area contributed by atoms with E-state index in [1.807, 2.05) is 30.3 Å². The van der Waals surface area contributed by atoms with Gasteiger partial charge in [0.2, 0.25) is 21.8 Å². The van der Waals surface area contributed by atoms with E-state index in [-0.39, 0.29) is 43.9 Å². The molecule has 0 aromatic heterocycles. The number of halogens is 4. The highest BCUT2D eigenvalue weighted by molar-refractivity contribution is 7.92. The number of carbonyl (C=O) groups is 2. The first-order chi connectivity index (χ1) is 19.4. The van der Waals surface area contributed by atoms with Crippen LogP contribution in [0.1, 0.15) is 30.9 Å². The van der Waals surface area contributed by atoms with Crippen molar-refractivity contribution >= 4 is 50.7 Å². The summed E-state index contributed by atoms with van der Waals surface area (Å²) in [6.07, 6.45) is 1.03. The van der Waals surface area contributed by atoms with Crippen molar-refractivity contribution in [2.45, 2.75) is 38.8 Å². The second-order valence-electron chi connectivity index (χ2n) is 9.36. The summed E-state index contributed by atoms with van der Waals surface area (Å²) >= 11 is 12.8. The van der Waals surface area contributed by atoms with Gasteiger partial charge in [0, 0.05) is 54.2 Å². The lowest BCUT2D eigenvalue weighted by Gasteiger charge is -2.32. The zero-order valence-electron chi connectivity index (χ0n) is 22.6. The number of amides is 2. The van der Waals surface area contributed by atoms with Crippen LogP contribution in [0, 0.1) is 11.6 Å². The monoisotopic (exact) mass is 625 g/mol. The van der Waals surface area contributed by atoms with Gasteiger partial charge in [0.25, 0.3) is 0 Å². The maximum absolute atomic E-state index is 13.8. The summed E-state index contributed by atoms with van der Waals surface area (Å²) in [7, 11) is -3.88. The van der Waals surface area contributed by atoms with Gasteiger partial charge in [-0.15, -0.1) is 0 Å². The molecule has 0 aliphatic heterocycles. The van der Waals surface area contributed by atoms with E-state index in [1.165, 1.54) is 4.90 Å². The zero-order chi connectivity index (χ0) is 30.2. The Labute approximate surface area is 249 Å². The summed E-state index contributed by atoms with van der Waals surface area (Å²) in [6.45, 7) is 1.87. The predicted octanol–water partition coefficient (Wildman–Crippen LogP) is 5.59. The van der Waals surface area contributed by atoms with Gasteiger partial charge in [-0.2, -0.15) is 0 Å². The van der Waals surface area contributed by atoms with Crippen LogP contribution in [0.2, 0.25) is 10.0 Å². The van der Waals surface area contributed by atoms with Crippen LogP contribution in [0.5, 0.6) is 0 Å². The number of nitrogens with zero attached hydrogens (tertiary/aromatic N) is 2. The predicted molar refractivity (Wildman–Crippen MR) is 157 cm³/mol. The van der Waals surface area contributed by atoms with Crippen molar-refractivity contribution in [2.75, 3.05) is 23.7 Å². The Kier molecular flexibility index (Phi) is 11.5. The molecule has 1 atom stereocenters. The molecule has 0 heterocycles. The first-order valence-corrected chi connectivity index (χ1v) is 15.5. The van der Waals surface area contributed by atoms with Crippen molar-refractivity contribution in [3.05, 3.63) is 99.5 Å². The molecule has 3 aromatic rings. The van der Waals surface area contributed by atoms with E-state index < -0.39 is 33.6 Å². The Bertz CT molecular complexity index is 1460. The largest absolute Gasteiger partial charge is 0.355 e. The summed E-state index contributed by atoms with van der Waals surface area (Å²) in [6, 6.07) is 16.0. The van der Waals surface area contributed by atoms with E-state index in [0.29, 0.717) is 22.2 Å². The Hall–Kier alpha value is -3.21. The topological polar surface area (TPSA) is 86.8 Å². The van der Waals surface area contributed by atoms with Crippen molar-refractivity contribution in [3.63, 3.8) is 0 Å².